The molecule has 1 aromatic carbocycles. The maximum Gasteiger partial charge on any atom is 0.165 e. The molecule has 0 aromatic heterocycles. The molecule has 2 unspecified atom stereocenters. The van der Waals surface area contributed by atoms with E-state index < -0.39 is 23.3 Å². The summed E-state index contributed by atoms with van der Waals surface area (Å²) in [6.45, 7) is 3.39. The van der Waals surface area contributed by atoms with E-state index in [1.54, 1.807) is 13.8 Å². The molecule has 0 fully saturated rings. The van der Waals surface area contributed by atoms with E-state index >= 15 is 0 Å². The molecule has 1 heterocycles. The Balaban J connectivity index is 2.49. The highest BCUT2D eigenvalue weighted by Crippen LogP contribution is 2.42. The van der Waals surface area contributed by atoms with Crippen LogP contribution in [-0.2, 0) is 6.42 Å². The number of fused-ring (bicyclic) bond motifs is 1. The van der Waals surface area contributed by atoms with Gasteiger partial charge in [0, 0.05) is 28.5 Å². The molecule has 0 bridgehead atoms. The number of hydrogen-bond acceptors (Lipinski definition) is 3. The molecule has 0 radical (unpaired) electrons. The molecule has 0 saturated heterocycles. The van der Waals surface area contributed by atoms with E-state index in [2.05, 4.69) is 10.0 Å². The molecule has 102 valence electrons. The highest BCUT2D eigenvalue weighted by molar-refractivity contribution is 5.48. The van der Waals surface area contributed by atoms with Crippen molar-refractivity contribution in [1.29, 1.82) is 0 Å². The number of hydrogen-bond donors (Lipinski definition) is 1. The molecular weight excluding hydrogens is 254 g/mol. The molecule has 1 aliphatic rings. The van der Waals surface area contributed by atoms with Gasteiger partial charge in [-0.05, 0) is 25.4 Å². The molecule has 5 nitrogen and oxygen atoms in total. The zero-order valence-electron chi connectivity index (χ0n) is 10.7. The molecule has 0 aliphatic carbocycles. The molecule has 0 saturated carbocycles. The first-order chi connectivity index (χ1) is 8.88. The summed E-state index contributed by atoms with van der Waals surface area (Å²) in [5.41, 5.74) is 13.8. The SMILES string of the molecule is CC(N)c1cc(F)c(F)c2c1OC(C)(CN=[N+]=[N-])C2. The summed E-state index contributed by atoms with van der Waals surface area (Å²) < 4.78 is 33.0. The third-order valence-electron chi connectivity index (χ3n) is 3.15. The van der Waals surface area contributed by atoms with E-state index in [1.165, 1.54) is 0 Å². The number of halogens is 2. The maximum absolute atomic E-state index is 13.8. The monoisotopic (exact) mass is 268 g/mol. The number of rotatable bonds is 3. The van der Waals surface area contributed by atoms with Gasteiger partial charge in [-0.2, -0.15) is 0 Å². The predicted molar refractivity (Wildman–Crippen MR) is 65.7 cm³/mol. The van der Waals surface area contributed by atoms with Crippen molar-refractivity contribution in [1.82, 2.24) is 0 Å². The zero-order chi connectivity index (χ0) is 14.2. The van der Waals surface area contributed by atoms with Gasteiger partial charge in [-0.3, -0.25) is 0 Å². The average Bonchev–Trinajstić information content (AvgIpc) is 2.70. The Kier molecular flexibility index (Phi) is 3.34. The number of nitrogens with zero attached hydrogens (tertiary/aromatic N) is 3. The van der Waals surface area contributed by atoms with Crippen molar-refractivity contribution in [2.45, 2.75) is 31.9 Å². The standard InChI is InChI=1S/C12H14F2N4O/c1-6(15)7-3-9(13)10(14)8-4-12(2,5-17-18-16)19-11(7)8/h3,6H,4-5,15H2,1-2H3. The van der Waals surface area contributed by atoms with Crippen LogP contribution < -0.4 is 10.5 Å². The second-order valence-corrected chi connectivity index (χ2v) is 4.98. The van der Waals surface area contributed by atoms with Crippen LogP contribution >= 0.6 is 0 Å². The van der Waals surface area contributed by atoms with E-state index in [0.717, 1.165) is 6.07 Å². The lowest BCUT2D eigenvalue weighted by Crippen LogP contribution is -2.33. The molecule has 1 aromatic rings. The summed E-state index contributed by atoms with van der Waals surface area (Å²) in [6, 6.07) is 0.573. The highest BCUT2D eigenvalue weighted by atomic mass is 19.2. The fraction of sp³-hybridized carbons (Fsp3) is 0.500. The second kappa shape index (κ2) is 4.68. The summed E-state index contributed by atoms with van der Waals surface area (Å²) in [7, 11) is 0. The summed E-state index contributed by atoms with van der Waals surface area (Å²) in [5, 5.41) is 3.44. The Labute approximate surface area is 109 Å². The Morgan fingerprint density at radius 3 is 2.89 bits per heavy atom. The maximum atomic E-state index is 13.8. The first-order valence-corrected chi connectivity index (χ1v) is 5.84. The topological polar surface area (TPSA) is 84.0 Å². The zero-order valence-corrected chi connectivity index (χ0v) is 10.7. The van der Waals surface area contributed by atoms with Gasteiger partial charge in [0.1, 0.15) is 11.4 Å². The van der Waals surface area contributed by atoms with E-state index in [4.69, 9.17) is 16.0 Å². The molecule has 2 N–H and O–H groups in total. The van der Waals surface area contributed by atoms with Crippen molar-refractivity contribution in [3.63, 3.8) is 0 Å². The van der Waals surface area contributed by atoms with Gasteiger partial charge >= 0.3 is 0 Å². The van der Waals surface area contributed by atoms with Crippen molar-refractivity contribution in [2.75, 3.05) is 6.54 Å². The van der Waals surface area contributed by atoms with Crippen molar-refractivity contribution in [3.05, 3.63) is 39.3 Å². The quantitative estimate of drug-likeness (QED) is 0.519. The average molecular weight is 268 g/mol. The molecule has 1 aliphatic heterocycles. The third-order valence-corrected chi connectivity index (χ3v) is 3.15. The molecule has 2 rings (SSSR count). The first kappa shape index (κ1) is 13.6. The van der Waals surface area contributed by atoms with Gasteiger partial charge in [-0.25, -0.2) is 8.78 Å². The second-order valence-electron chi connectivity index (χ2n) is 4.98. The minimum atomic E-state index is -0.942. The minimum absolute atomic E-state index is 0.0393. The van der Waals surface area contributed by atoms with E-state index in [1.807, 2.05) is 0 Å². The van der Waals surface area contributed by atoms with Crippen LogP contribution in [-0.4, -0.2) is 12.1 Å². The van der Waals surface area contributed by atoms with E-state index in [-0.39, 0.29) is 24.3 Å². The molecule has 2 atom stereocenters. The first-order valence-electron chi connectivity index (χ1n) is 5.84. The van der Waals surface area contributed by atoms with Crippen LogP contribution in [0.1, 0.15) is 31.0 Å². The third kappa shape index (κ3) is 2.34. The van der Waals surface area contributed by atoms with Gasteiger partial charge in [-0.1, -0.05) is 5.11 Å². The Morgan fingerprint density at radius 1 is 1.63 bits per heavy atom. The largest absolute Gasteiger partial charge is 0.486 e. The molecular formula is C12H14F2N4O. The number of azide groups is 1. The van der Waals surface area contributed by atoms with Gasteiger partial charge in [0.2, 0.25) is 0 Å². The van der Waals surface area contributed by atoms with Crippen LogP contribution in [0.15, 0.2) is 11.2 Å². The molecule has 19 heavy (non-hydrogen) atoms. The summed E-state index contributed by atoms with van der Waals surface area (Å²) >= 11 is 0. The van der Waals surface area contributed by atoms with Crippen molar-refractivity contribution in [3.8, 4) is 5.75 Å². The fourth-order valence-corrected chi connectivity index (χ4v) is 2.23. The molecule has 7 heteroatoms. The Bertz CT molecular complexity index is 569. The van der Waals surface area contributed by atoms with Gasteiger partial charge in [-0.15, -0.1) is 0 Å². The lowest BCUT2D eigenvalue weighted by atomic mass is 9.96. The minimum Gasteiger partial charge on any atom is -0.486 e. The molecule has 0 spiro atoms. The normalized spacial score (nSPS) is 22.4. The predicted octanol–water partition coefficient (Wildman–Crippen LogP) is 2.99. The van der Waals surface area contributed by atoms with Crippen LogP contribution in [0.2, 0.25) is 0 Å². The van der Waals surface area contributed by atoms with Crippen molar-refractivity contribution >= 4 is 0 Å². The lowest BCUT2D eigenvalue weighted by molar-refractivity contribution is 0.124. The lowest BCUT2D eigenvalue weighted by Gasteiger charge is -2.22. The number of nitrogens with two attached hydrogens (primary N) is 1. The van der Waals surface area contributed by atoms with Gasteiger partial charge in [0.05, 0.1) is 6.54 Å². The van der Waals surface area contributed by atoms with Crippen LogP contribution in [0.5, 0.6) is 5.75 Å². The van der Waals surface area contributed by atoms with Crippen molar-refractivity contribution < 1.29 is 13.5 Å². The Morgan fingerprint density at radius 2 is 2.32 bits per heavy atom. The van der Waals surface area contributed by atoms with Crippen LogP contribution in [0.25, 0.3) is 10.4 Å². The van der Waals surface area contributed by atoms with Gasteiger partial charge in [0.25, 0.3) is 0 Å². The summed E-state index contributed by atoms with van der Waals surface area (Å²) in [5.74, 6) is -1.60. The highest BCUT2D eigenvalue weighted by Gasteiger charge is 2.39. The molecule has 0 amide bonds. The fourth-order valence-electron chi connectivity index (χ4n) is 2.23. The smallest absolute Gasteiger partial charge is 0.165 e. The summed E-state index contributed by atoms with van der Waals surface area (Å²) in [6.07, 6.45) is 0.144. The van der Waals surface area contributed by atoms with Crippen molar-refractivity contribution in [2.24, 2.45) is 10.8 Å². The Hall–Kier alpha value is -1.85. The van der Waals surface area contributed by atoms with E-state index in [0.29, 0.717) is 5.56 Å². The number of benzene rings is 1. The van der Waals surface area contributed by atoms with Crippen LogP contribution in [0, 0.1) is 11.6 Å². The van der Waals surface area contributed by atoms with Crippen LogP contribution in [0.3, 0.4) is 0 Å². The van der Waals surface area contributed by atoms with Gasteiger partial charge in [0.15, 0.2) is 11.6 Å². The van der Waals surface area contributed by atoms with Gasteiger partial charge < -0.3 is 10.5 Å². The van der Waals surface area contributed by atoms with E-state index in [9.17, 15) is 8.78 Å². The summed E-state index contributed by atoms with van der Waals surface area (Å²) in [4.78, 5) is 2.66. The van der Waals surface area contributed by atoms with Crippen LogP contribution in [0.4, 0.5) is 8.78 Å². The number of ether oxygens (including phenoxy) is 1.